The third-order valence-electron chi connectivity index (χ3n) is 4.00. The summed E-state index contributed by atoms with van der Waals surface area (Å²) < 4.78 is 0. The Morgan fingerprint density at radius 1 is 1.45 bits per heavy atom. The predicted octanol–water partition coefficient (Wildman–Crippen LogP) is 2.97. The number of carbonyl (C=O) groups is 1. The van der Waals surface area contributed by atoms with Gasteiger partial charge in [0.15, 0.2) is 0 Å². The monoisotopic (exact) mass is 295 g/mol. The van der Waals surface area contributed by atoms with E-state index in [9.17, 15) is 4.79 Å². The van der Waals surface area contributed by atoms with Crippen molar-refractivity contribution in [1.29, 1.82) is 0 Å². The molecule has 3 unspecified atom stereocenters. The molecule has 1 fully saturated rings. The summed E-state index contributed by atoms with van der Waals surface area (Å²) in [5.74, 6) is 0.672. The molecule has 0 spiro atoms. The standard InChI is InChI=1S/C16H22ClNO2/c1-10(2)15(7-8-19)18-16(20)13-9-12(13)11-5-3-4-6-14(11)17/h3-6,10,12-13,15,19H,7-9H2,1-2H3,(H,18,20). The number of hydrogen-bond donors (Lipinski definition) is 2. The van der Waals surface area contributed by atoms with Crippen molar-refractivity contribution in [1.82, 2.24) is 5.32 Å². The number of benzene rings is 1. The van der Waals surface area contributed by atoms with Crippen LogP contribution < -0.4 is 5.32 Å². The molecule has 2 rings (SSSR count). The molecule has 1 aliphatic carbocycles. The van der Waals surface area contributed by atoms with E-state index >= 15 is 0 Å². The van der Waals surface area contributed by atoms with E-state index in [2.05, 4.69) is 19.2 Å². The summed E-state index contributed by atoms with van der Waals surface area (Å²) >= 11 is 6.17. The highest BCUT2D eigenvalue weighted by molar-refractivity contribution is 6.31. The highest BCUT2D eigenvalue weighted by Gasteiger charge is 2.45. The lowest BCUT2D eigenvalue weighted by Gasteiger charge is -2.21. The number of nitrogens with one attached hydrogen (secondary N) is 1. The molecule has 1 aliphatic rings. The molecule has 0 bridgehead atoms. The fourth-order valence-corrected chi connectivity index (χ4v) is 2.88. The van der Waals surface area contributed by atoms with E-state index in [1.807, 2.05) is 24.3 Å². The Bertz CT molecular complexity index is 475. The SMILES string of the molecule is CC(C)C(CCO)NC(=O)C1CC1c1ccccc1Cl. The van der Waals surface area contributed by atoms with E-state index in [-0.39, 0.29) is 30.4 Å². The van der Waals surface area contributed by atoms with E-state index in [0.29, 0.717) is 12.3 Å². The van der Waals surface area contributed by atoms with Gasteiger partial charge in [-0.3, -0.25) is 4.79 Å². The van der Waals surface area contributed by atoms with Crippen LogP contribution in [-0.2, 0) is 4.79 Å². The first kappa shape index (κ1) is 15.3. The highest BCUT2D eigenvalue weighted by atomic mass is 35.5. The number of rotatable bonds is 6. The highest BCUT2D eigenvalue weighted by Crippen LogP contribution is 2.49. The smallest absolute Gasteiger partial charge is 0.223 e. The van der Waals surface area contributed by atoms with Gasteiger partial charge in [0, 0.05) is 23.6 Å². The zero-order chi connectivity index (χ0) is 14.7. The maximum Gasteiger partial charge on any atom is 0.223 e. The second-order valence-electron chi connectivity index (χ2n) is 5.84. The van der Waals surface area contributed by atoms with Gasteiger partial charge < -0.3 is 10.4 Å². The number of halogens is 1. The molecule has 1 aromatic carbocycles. The summed E-state index contributed by atoms with van der Waals surface area (Å²) in [5.41, 5.74) is 1.07. The van der Waals surface area contributed by atoms with Crippen LogP contribution in [0.4, 0.5) is 0 Å². The fourth-order valence-electron chi connectivity index (χ4n) is 2.61. The quantitative estimate of drug-likeness (QED) is 0.848. The average Bonchev–Trinajstić information content (AvgIpc) is 3.18. The van der Waals surface area contributed by atoms with Crippen molar-refractivity contribution >= 4 is 17.5 Å². The van der Waals surface area contributed by atoms with Crippen molar-refractivity contribution in [3.63, 3.8) is 0 Å². The molecule has 0 saturated heterocycles. The fraction of sp³-hybridized carbons (Fsp3) is 0.562. The summed E-state index contributed by atoms with van der Waals surface area (Å²) in [4.78, 5) is 12.3. The second kappa shape index (κ2) is 6.59. The topological polar surface area (TPSA) is 49.3 Å². The van der Waals surface area contributed by atoms with Crippen molar-refractivity contribution in [3.05, 3.63) is 34.9 Å². The molecule has 1 saturated carbocycles. The van der Waals surface area contributed by atoms with E-state index in [0.717, 1.165) is 17.0 Å². The second-order valence-corrected chi connectivity index (χ2v) is 6.25. The summed E-state index contributed by atoms with van der Waals surface area (Å²) in [6.45, 7) is 4.21. The lowest BCUT2D eigenvalue weighted by Crippen LogP contribution is -2.40. The minimum Gasteiger partial charge on any atom is -0.396 e. The Hall–Kier alpha value is -1.06. The molecule has 4 heteroatoms. The molecule has 0 aromatic heterocycles. The van der Waals surface area contributed by atoms with Crippen LogP contribution in [0, 0.1) is 11.8 Å². The average molecular weight is 296 g/mol. The summed E-state index contributed by atoms with van der Waals surface area (Å²) in [6.07, 6.45) is 1.46. The number of amides is 1. The van der Waals surface area contributed by atoms with Gasteiger partial charge in [0.2, 0.25) is 5.91 Å². The van der Waals surface area contributed by atoms with Gasteiger partial charge in [-0.25, -0.2) is 0 Å². The summed E-state index contributed by atoms with van der Waals surface area (Å²) in [7, 11) is 0. The summed E-state index contributed by atoms with van der Waals surface area (Å²) in [5, 5.41) is 12.8. The van der Waals surface area contributed by atoms with Gasteiger partial charge in [-0.1, -0.05) is 43.6 Å². The molecule has 110 valence electrons. The molecule has 20 heavy (non-hydrogen) atoms. The lowest BCUT2D eigenvalue weighted by molar-refractivity contribution is -0.123. The van der Waals surface area contributed by atoms with Crippen LogP contribution in [-0.4, -0.2) is 23.7 Å². The van der Waals surface area contributed by atoms with E-state index in [4.69, 9.17) is 16.7 Å². The molecule has 0 radical (unpaired) electrons. The molecular weight excluding hydrogens is 274 g/mol. The number of aliphatic hydroxyl groups excluding tert-OH is 1. The largest absolute Gasteiger partial charge is 0.396 e. The molecule has 1 amide bonds. The van der Waals surface area contributed by atoms with Gasteiger partial charge in [0.05, 0.1) is 0 Å². The third-order valence-corrected chi connectivity index (χ3v) is 4.35. The molecule has 2 N–H and O–H groups in total. The first-order valence-corrected chi connectivity index (χ1v) is 7.58. The maximum absolute atomic E-state index is 12.3. The van der Waals surface area contributed by atoms with Crippen LogP contribution in [0.2, 0.25) is 5.02 Å². The predicted molar refractivity (Wildman–Crippen MR) is 80.8 cm³/mol. The van der Waals surface area contributed by atoms with Crippen LogP contribution >= 0.6 is 11.6 Å². The van der Waals surface area contributed by atoms with Crippen LogP contribution in [0.1, 0.15) is 38.2 Å². The van der Waals surface area contributed by atoms with Crippen LogP contribution in [0.15, 0.2) is 24.3 Å². The van der Waals surface area contributed by atoms with Gasteiger partial charge in [-0.05, 0) is 36.3 Å². The Morgan fingerprint density at radius 2 is 2.15 bits per heavy atom. The molecular formula is C16H22ClNO2. The lowest BCUT2D eigenvalue weighted by atomic mass is 10.0. The van der Waals surface area contributed by atoms with Gasteiger partial charge in [0.25, 0.3) is 0 Å². The summed E-state index contributed by atoms with van der Waals surface area (Å²) in [6, 6.07) is 7.76. The van der Waals surface area contributed by atoms with Crippen molar-refractivity contribution in [2.24, 2.45) is 11.8 Å². The molecule has 3 atom stereocenters. The van der Waals surface area contributed by atoms with E-state index in [1.54, 1.807) is 0 Å². The van der Waals surface area contributed by atoms with Crippen LogP contribution in [0.25, 0.3) is 0 Å². The van der Waals surface area contributed by atoms with Crippen molar-refractivity contribution in [2.45, 2.75) is 38.6 Å². The number of hydrogen-bond acceptors (Lipinski definition) is 2. The maximum atomic E-state index is 12.3. The zero-order valence-electron chi connectivity index (χ0n) is 12.0. The third kappa shape index (κ3) is 3.53. The minimum atomic E-state index is 0.0230. The van der Waals surface area contributed by atoms with Gasteiger partial charge in [-0.15, -0.1) is 0 Å². The van der Waals surface area contributed by atoms with Gasteiger partial charge >= 0.3 is 0 Å². The Balaban J connectivity index is 1.94. The van der Waals surface area contributed by atoms with Gasteiger partial charge in [0.1, 0.15) is 0 Å². The Morgan fingerprint density at radius 3 is 2.75 bits per heavy atom. The first-order chi connectivity index (χ1) is 9.54. The minimum absolute atomic E-state index is 0.0230. The molecule has 0 aliphatic heterocycles. The molecule has 3 nitrogen and oxygen atoms in total. The first-order valence-electron chi connectivity index (χ1n) is 7.20. The Kier molecular flexibility index (Phi) is 5.06. The van der Waals surface area contributed by atoms with Crippen molar-refractivity contribution in [2.75, 3.05) is 6.61 Å². The van der Waals surface area contributed by atoms with E-state index < -0.39 is 0 Å². The molecule has 1 aromatic rings. The normalized spacial score (nSPS) is 22.6. The molecule has 0 heterocycles. The van der Waals surface area contributed by atoms with Crippen molar-refractivity contribution in [3.8, 4) is 0 Å². The Labute approximate surface area is 125 Å². The number of carbonyl (C=O) groups excluding carboxylic acids is 1. The van der Waals surface area contributed by atoms with Crippen LogP contribution in [0.5, 0.6) is 0 Å². The van der Waals surface area contributed by atoms with Gasteiger partial charge in [-0.2, -0.15) is 0 Å². The van der Waals surface area contributed by atoms with E-state index in [1.165, 1.54) is 0 Å². The van der Waals surface area contributed by atoms with Crippen molar-refractivity contribution < 1.29 is 9.90 Å². The zero-order valence-corrected chi connectivity index (χ0v) is 12.7. The van der Waals surface area contributed by atoms with Crippen LogP contribution in [0.3, 0.4) is 0 Å². The number of aliphatic hydroxyl groups is 1.